The zero-order valence-electron chi connectivity index (χ0n) is 14.5. The summed E-state index contributed by atoms with van der Waals surface area (Å²) < 4.78 is 0. The molecule has 1 aromatic carbocycles. The number of fused-ring (bicyclic) bond motifs is 1. The number of rotatable bonds is 3. The topological polar surface area (TPSA) is 23.8 Å². The summed E-state index contributed by atoms with van der Waals surface area (Å²) in [5.74, 6) is 0. The lowest BCUT2D eigenvalue weighted by atomic mass is 9.62. The Balaban J connectivity index is 2.65. The molecule has 1 nitrogen and oxygen atoms in total. The van der Waals surface area contributed by atoms with Gasteiger partial charge < -0.3 is 0 Å². The molecule has 0 spiro atoms. The summed E-state index contributed by atoms with van der Waals surface area (Å²) in [6, 6.07) is 9.43. The molecule has 0 heterocycles. The molecule has 0 aliphatic heterocycles. The van der Waals surface area contributed by atoms with E-state index in [2.05, 4.69) is 65.8 Å². The molecule has 1 heteroatoms. The van der Waals surface area contributed by atoms with E-state index in [0.29, 0.717) is 0 Å². The maximum Gasteiger partial charge on any atom is 0.0817 e. The number of hydrogen-bond acceptors (Lipinski definition) is 1. The van der Waals surface area contributed by atoms with Crippen LogP contribution in [0.5, 0.6) is 0 Å². The maximum absolute atomic E-state index is 9.72. The summed E-state index contributed by atoms with van der Waals surface area (Å²) in [7, 11) is 0. The Hall–Kier alpha value is -1.29. The summed E-state index contributed by atoms with van der Waals surface area (Å²) in [5, 5.41) is 9.72. The van der Waals surface area contributed by atoms with E-state index < -0.39 is 0 Å². The fourth-order valence-electron chi connectivity index (χ4n) is 3.77. The first kappa shape index (κ1) is 16.1. The Labute approximate surface area is 130 Å². The van der Waals surface area contributed by atoms with Crippen LogP contribution in [0, 0.1) is 11.3 Å². The van der Waals surface area contributed by atoms with Gasteiger partial charge in [0.1, 0.15) is 0 Å². The maximum atomic E-state index is 9.72. The molecule has 21 heavy (non-hydrogen) atoms. The Bertz CT molecular complexity index is 568. The molecule has 0 fully saturated rings. The second kappa shape index (κ2) is 5.16. The molecule has 0 aromatic heterocycles. The van der Waals surface area contributed by atoms with Crippen molar-refractivity contribution in [3.8, 4) is 6.07 Å². The summed E-state index contributed by atoms with van der Waals surface area (Å²) in [4.78, 5) is 0. The van der Waals surface area contributed by atoms with Crippen molar-refractivity contribution < 1.29 is 0 Å². The van der Waals surface area contributed by atoms with Gasteiger partial charge in [-0.15, -0.1) is 0 Å². The number of nitriles is 1. The van der Waals surface area contributed by atoms with Crippen molar-refractivity contribution in [1.29, 1.82) is 5.26 Å². The van der Waals surface area contributed by atoms with Crippen molar-refractivity contribution in [2.75, 3.05) is 0 Å². The second-order valence-electron chi connectivity index (χ2n) is 7.93. The first-order valence-corrected chi connectivity index (χ1v) is 8.29. The van der Waals surface area contributed by atoms with Crippen molar-refractivity contribution >= 4 is 0 Å². The SMILES string of the molecule is CCC(C#N)(CC)c1ccc2c(c1)C(C)(C)CCC2(C)C. The summed E-state index contributed by atoms with van der Waals surface area (Å²) in [6.45, 7) is 13.6. The highest BCUT2D eigenvalue weighted by Gasteiger charge is 2.38. The van der Waals surface area contributed by atoms with Crippen LogP contribution in [-0.4, -0.2) is 0 Å². The number of hydrogen-bond donors (Lipinski definition) is 0. The fourth-order valence-corrected chi connectivity index (χ4v) is 3.77. The minimum absolute atomic E-state index is 0.212. The molecule has 0 atom stereocenters. The van der Waals surface area contributed by atoms with Gasteiger partial charge in [-0.2, -0.15) is 5.26 Å². The number of benzene rings is 1. The normalized spacial score (nSPS) is 19.7. The Morgan fingerprint density at radius 2 is 1.52 bits per heavy atom. The number of nitrogens with zero attached hydrogens (tertiary/aromatic N) is 1. The lowest BCUT2D eigenvalue weighted by molar-refractivity contribution is 0.330. The minimum atomic E-state index is -0.327. The second-order valence-corrected chi connectivity index (χ2v) is 7.93. The van der Waals surface area contributed by atoms with E-state index >= 15 is 0 Å². The molecular weight excluding hydrogens is 254 g/mol. The quantitative estimate of drug-likeness (QED) is 0.706. The highest BCUT2D eigenvalue weighted by atomic mass is 14.4. The van der Waals surface area contributed by atoms with Crippen LogP contribution in [0.4, 0.5) is 0 Å². The first-order chi connectivity index (χ1) is 9.72. The predicted octanol–water partition coefficient (Wildman–Crippen LogP) is 5.62. The van der Waals surface area contributed by atoms with Crippen LogP contribution in [0.15, 0.2) is 18.2 Å². The molecule has 0 saturated heterocycles. The predicted molar refractivity (Wildman–Crippen MR) is 89.6 cm³/mol. The van der Waals surface area contributed by atoms with E-state index in [0.717, 1.165) is 12.8 Å². The standard InChI is InChI=1S/C20H29N/c1-7-20(8-2,14-21)15-9-10-16-17(13-15)19(5,6)12-11-18(16,3)4/h9-10,13H,7-8,11-12H2,1-6H3. The van der Waals surface area contributed by atoms with E-state index in [-0.39, 0.29) is 16.2 Å². The third-order valence-electron chi connectivity index (χ3n) is 5.83. The molecule has 1 aliphatic rings. The minimum Gasteiger partial charge on any atom is -0.197 e. The zero-order valence-corrected chi connectivity index (χ0v) is 14.5. The van der Waals surface area contributed by atoms with Crippen LogP contribution in [0.3, 0.4) is 0 Å². The van der Waals surface area contributed by atoms with Gasteiger partial charge in [0.05, 0.1) is 11.5 Å². The zero-order chi connectivity index (χ0) is 15.9. The lowest BCUT2D eigenvalue weighted by Gasteiger charge is -2.42. The summed E-state index contributed by atoms with van der Waals surface area (Å²) in [5.41, 5.74) is 4.27. The van der Waals surface area contributed by atoms with Crippen LogP contribution >= 0.6 is 0 Å². The van der Waals surface area contributed by atoms with Crippen molar-refractivity contribution in [3.63, 3.8) is 0 Å². The van der Waals surface area contributed by atoms with Crippen molar-refractivity contribution in [2.24, 2.45) is 0 Å². The summed E-state index contributed by atoms with van der Waals surface area (Å²) >= 11 is 0. The van der Waals surface area contributed by atoms with E-state index in [1.165, 1.54) is 29.5 Å². The van der Waals surface area contributed by atoms with E-state index in [4.69, 9.17) is 0 Å². The molecule has 0 bridgehead atoms. The lowest BCUT2D eigenvalue weighted by Crippen LogP contribution is -2.34. The fraction of sp³-hybridized carbons (Fsp3) is 0.650. The highest BCUT2D eigenvalue weighted by molar-refractivity contribution is 5.47. The molecule has 0 unspecified atom stereocenters. The van der Waals surface area contributed by atoms with Gasteiger partial charge in [0.2, 0.25) is 0 Å². The molecule has 0 N–H and O–H groups in total. The van der Waals surface area contributed by atoms with Gasteiger partial charge in [-0.25, -0.2) is 0 Å². The van der Waals surface area contributed by atoms with E-state index in [1.807, 2.05) is 0 Å². The van der Waals surface area contributed by atoms with Crippen molar-refractivity contribution in [1.82, 2.24) is 0 Å². The smallest absolute Gasteiger partial charge is 0.0817 e. The Morgan fingerprint density at radius 1 is 1.00 bits per heavy atom. The van der Waals surface area contributed by atoms with Crippen LogP contribution < -0.4 is 0 Å². The first-order valence-electron chi connectivity index (χ1n) is 8.29. The molecule has 1 aromatic rings. The molecular formula is C20H29N. The van der Waals surface area contributed by atoms with Crippen LogP contribution in [0.25, 0.3) is 0 Å². The average Bonchev–Trinajstić information content (AvgIpc) is 2.47. The average molecular weight is 283 g/mol. The highest BCUT2D eigenvalue weighted by Crippen LogP contribution is 2.47. The molecule has 1 aliphatic carbocycles. The summed E-state index contributed by atoms with van der Waals surface area (Å²) in [6.07, 6.45) is 4.21. The molecule has 114 valence electrons. The molecule has 0 radical (unpaired) electrons. The van der Waals surface area contributed by atoms with Crippen molar-refractivity contribution in [3.05, 3.63) is 34.9 Å². The molecule has 2 rings (SSSR count). The van der Waals surface area contributed by atoms with Gasteiger partial charge in [0.15, 0.2) is 0 Å². The third-order valence-corrected chi connectivity index (χ3v) is 5.83. The Morgan fingerprint density at radius 3 is 2.00 bits per heavy atom. The molecule has 0 amide bonds. The van der Waals surface area contributed by atoms with Crippen LogP contribution in [0.1, 0.15) is 83.9 Å². The monoisotopic (exact) mass is 283 g/mol. The van der Waals surface area contributed by atoms with Gasteiger partial charge in [-0.1, -0.05) is 59.7 Å². The Kier molecular flexibility index (Phi) is 3.96. The third kappa shape index (κ3) is 2.50. The van der Waals surface area contributed by atoms with Gasteiger partial charge in [0.25, 0.3) is 0 Å². The van der Waals surface area contributed by atoms with Crippen molar-refractivity contribution in [2.45, 2.75) is 83.5 Å². The van der Waals surface area contributed by atoms with E-state index in [9.17, 15) is 5.26 Å². The van der Waals surface area contributed by atoms with Crippen LogP contribution in [0.2, 0.25) is 0 Å². The van der Waals surface area contributed by atoms with Gasteiger partial charge >= 0.3 is 0 Å². The van der Waals surface area contributed by atoms with Gasteiger partial charge in [-0.3, -0.25) is 0 Å². The van der Waals surface area contributed by atoms with E-state index in [1.54, 1.807) is 0 Å². The van der Waals surface area contributed by atoms with Crippen LogP contribution in [-0.2, 0) is 16.2 Å². The van der Waals surface area contributed by atoms with Gasteiger partial charge in [-0.05, 0) is 53.2 Å². The largest absolute Gasteiger partial charge is 0.197 e. The molecule has 0 saturated carbocycles. The van der Waals surface area contributed by atoms with Gasteiger partial charge in [0, 0.05) is 0 Å².